The van der Waals surface area contributed by atoms with E-state index in [1.807, 2.05) is 44.2 Å². The second-order valence-electron chi connectivity index (χ2n) is 5.69. The molecule has 0 aliphatic carbocycles. The molecule has 1 heterocycles. The van der Waals surface area contributed by atoms with Crippen LogP contribution in [0.4, 0.5) is 5.82 Å². The molecule has 0 spiro atoms. The predicted molar refractivity (Wildman–Crippen MR) is 100 cm³/mol. The quantitative estimate of drug-likeness (QED) is 0.683. The van der Waals surface area contributed by atoms with E-state index < -0.39 is 0 Å². The number of nitrogens with one attached hydrogen (secondary N) is 1. The Morgan fingerprint density at radius 1 is 0.960 bits per heavy atom. The summed E-state index contributed by atoms with van der Waals surface area (Å²) in [6.07, 6.45) is 1.75. The SMILES string of the molecule is CCOc1cc2ncc(N[C@H](C)c3ccccc3)nc2cc1OCC. The molecule has 0 radical (unpaired) electrons. The fourth-order valence-electron chi connectivity index (χ4n) is 2.67. The molecule has 0 fully saturated rings. The summed E-state index contributed by atoms with van der Waals surface area (Å²) >= 11 is 0. The molecule has 25 heavy (non-hydrogen) atoms. The molecule has 130 valence electrons. The number of hydrogen-bond acceptors (Lipinski definition) is 5. The minimum absolute atomic E-state index is 0.141. The smallest absolute Gasteiger partial charge is 0.163 e. The van der Waals surface area contributed by atoms with Gasteiger partial charge in [-0.25, -0.2) is 4.98 Å². The lowest BCUT2D eigenvalue weighted by atomic mass is 10.1. The molecule has 1 aromatic heterocycles. The van der Waals surface area contributed by atoms with E-state index in [1.54, 1.807) is 6.20 Å². The third-order valence-electron chi connectivity index (χ3n) is 3.87. The first kappa shape index (κ1) is 17.0. The minimum atomic E-state index is 0.141. The topological polar surface area (TPSA) is 56.3 Å². The molecule has 3 aromatic rings. The van der Waals surface area contributed by atoms with Gasteiger partial charge in [0.1, 0.15) is 5.82 Å². The highest BCUT2D eigenvalue weighted by Crippen LogP contribution is 2.32. The van der Waals surface area contributed by atoms with Crippen LogP contribution in [0.25, 0.3) is 11.0 Å². The van der Waals surface area contributed by atoms with Crippen LogP contribution in [-0.4, -0.2) is 23.2 Å². The van der Waals surface area contributed by atoms with Crippen molar-refractivity contribution in [1.82, 2.24) is 9.97 Å². The van der Waals surface area contributed by atoms with E-state index in [-0.39, 0.29) is 6.04 Å². The van der Waals surface area contributed by atoms with E-state index in [9.17, 15) is 0 Å². The molecule has 1 N–H and O–H groups in total. The van der Waals surface area contributed by atoms with Gasteiger partial charge in [0.25, 0.3) is 0 Å². The Kier molecular flexibility index (Phi) is 5.33. The van der Waals surface area contributed by atoms with Gasteiger partial charge in [0, 0.05) is 18.2 Å². The summed E-state index contributed by atoms with van der Waals surface area (Å²) in [5.41, 5.74) is 2.76. The standard InChI is InChI=1S/C20H23N3O2/c1-4-24-18-11-16-17(12-19(18)25-5-2)23-20(13-21-16)22-14(3)15-9-7-6-8-10-15/h6-14H,4-5H2,1-3H3,(H,22,23)/t14-/m1/s1. The van der Waals surface area contributed by atoms with Crippen molar-refractivity contribution in [2.24, 2.45) is 0 Å². The van der Waals surface area contributed by atoms with Crippen molar-refractivity contribution < 1.29 is 9.47 Å². The zero-order chi connectivity index (χ0) is 17.6. The van der Waals surface area contributed by atoms with Crippen LogP contribution >= 0.6 is 0 Å². The van der Waals surface area contributed by atoms with Crippen LogP contribution in [0.15, 0.2) is 48.7 Å². The monoisotopic (exact) mass is 337 g/mol. The fraction of sp³-hybridized carbons (Fsp3) is 0.300. The Morgan fingerprint density at radius 3 is 2.24 bits per heavy atom. The summed E-state index contributed by atoms with van der Waals surface area (Å²) in [5, 5.41) is 3.40. The molecule has 0 unspecified atom stereocenters. The van der Waals surface area contributed by atoms with E-state index in [0.29, 0.717) is 24.7 Å². The summed E-state index contributed by atoms with van der Waals surface area (Å²) in [6.45, 7) is 7.15. The molecule has 2 aromatic carbocycles. The van der Waals surface area contributed by atoms with Crippen molar-refractivity contribution in [1.29, 1.82) is 0 Å². The van der Waals surface area contributed by atoms with Gasteiger partial charge in [-0.1, -0.05) is 30.3 Å². The molecule has 0 saturated heterocycles. The van der Waals surface area contributed by atoms with E-state index in [4.69, 9.17) is 9.47 Å². The number of benzene rings is 2. The number of fused-ring (bicyclic) bond motifs is 1. The third kappa shape index (κ3) is 3.99. The highest BCUT2D eigenvalue weighted by Gasteiger charge is 2.11. The zero-order valence-electron chi connectivity index (χ0n) is 14.8. The fourth-order valence-corrected chi connectivity index (χ4v) is 2.67. The van der Waals surface area contributed by atoms with Gasteiger partial charge in [0.2, 0.25) is 0 Å². The van der Waals surface area contributed by atoms with Crippen molar-refractivity contribution in [3.8, 4) is 11.5 Å². The third-order valence-corrected chi connectivity index (χ3v) is 3.87. The lowest BCUT2D eigenvalue weighted by Gasteiger charge is -2.16. The van der Waals surface area contributed by atoms with Crippen LogP contribution < -0.4 is 14.8 Å². The zero-order valence-corrected chi connectivity index (χ0v) is 14.8. The molecule has 0 amide bonds. The first-order valence-corrected chi connectivity index (χ1v) is 8.59. The van der Waals surface area contributed by atoms with E-state index in [2.05, 4.69) is 34.3 Å². The van der Waals surface area contributed by atoms with Gasteiger partial charge in [0.15, 0.2) is 11.5 Å². The molecule has 5 nitrogen and oxygen atoms in total. The van der Waals surface area contributed by atoms with E-state index >= 15 is 0 Å². The van der Waals surface area contributed by atoms with Gasteiger partial charge in [-0.3, -0.25) is 4.98 Å². The Balaban J connectivity index is 1.89. The van der Waals surface area contributed by atoms with Crippen LogP contribution in [0.3, 0.4) is 0 Å². The first-order chi connectivity index (χ1) is 12.2. The minimum Gasteiger partial charge on any atom is -0.490 e. The van der Waals surface area contributed by atoms with Crippen LogP contribution in [0.2, 0.25) is 0 Å². The van der Waals surface area contributed by atoms with Gasteiger partial charge in [-0.05, 0) is 26.3 Å². The lowest BCUT2D eigenvalue weighted by molar-refractivity contribution is 0.288. The average molecular weight is 337 g/mol. The number of rotatable bonds is 7. The predicted octanol–water partition coefficient (Wildman–Crippen LogP) is 4.60. The Hall–Kier alpha value is -2.82. The Bertz CT molecular complexity index is 837. The molecule has 1 atom stereocenters. The van der Waals surface area contributed by atoms with E-state index in [0.717, 1.165) is 16.9 Å². The molecular formula is C20H23N3O2. The molecule has 0 bridgehead atoms. The molecule has 3 rings (SSSR count). The molecular weight excluding hydrogens is 314 g/mol. The van der Waals surface area contributed by atoms with Crippen molar-refractivity contribution in [3.63, 3.8) is 0 Å². The van der Waals surface area contributed by atoms with Gasteiger partial charge < -0.3 is 14.8 Å². The Labute approximate surface area is 148 Å². The number of aromatic nitrogens is 2. The van der Waals surface area contributed by atoms with Gasteiger partial charge in [-0.15, -0.1) is 0 Å². The summed E-state index contributed by atoms with van der Waals surface area (Å²) in [7, 11) is 0. The highest BCUT2D eigenvalue weighted by atomic mass is 16.5. The lowest BCUT2D eigenvalue weighted by Crippen LogP contribution is -2.08. The van der Waals surface area contributed by atoms with Crippen LogP contribution in [0.1, 0.15) is 32.4 Å². The largest absolute Gasteiger partial charge is 0.490 e. The summed E-state index contributed by atoms with van der Waals surface area (Å²) < 4.78 is 11.3. The maximum atomic E-state index is 5.67. The molecule has 0 aliphatic rings. The number of anilines is 1. The van der Waals surface area contributed by atoms with Crippen molar-refractivity contribution in [2.75, 3.05) is 18.5 Å². The number of nitrogens with zero attached hydrogens (tertiary/aromatic N) is 2. The van der Waals surface area contributed by atoms with E-state index in [1.165, 1.54) is 5.56 Å². The number of ether oxygens (including phenoxy) is 2. The van der Waals surface area contributed by atoms with Gasteiger partial charge in [0.05, 0.1) is 30.4 Å². The maximum Gasteiger partial charge on any atom is 0.163 e. The highest BCUT2D eigenvalue weighted by molar-refractivity contribution is 5.80. The van der Waals surface area contributed by atoms with Crippen molar-refractivity contribution >= 4 is 16.9 Å². The second-order valence-corrected chi connectivity index (χ2v) is 5.69. The van der Waals surface area contributed by atoms with Gasteiger partial charge >= 0.3 is 0 Å². The van der Waals surface area contributed by atoms with Crippen molar-refractivity contribution in [3.05, 3.63) is 54.2 Å². The van der Waals surface area contributed by atoms with Crippen molar-refractivity contribution in [2.45, 2.75) is 26.8 Å². The Morgan fingerprint density at radius 2 is 1.60 bits per heavy atom. The number of hydrogen-bond donors (Lipinski definition) is 1. The summed E-state index contributed by atoms with van der Waals surface area (Å²) in [6, 6.07) is 14.2. The normalized spacial score (nSPS) is 12.0. The maximum absolute atomic E-state index is 5.67. The second kappa shape index (κ2) is 7.83. The average Bonchev–Trinajstić information content (AvgIpc) is 2.63. The van der Waals surface area contributed by atoms with Gasteiger partial charge in [-0.2, -0.15) is 0 Å². The van der Waals surface area contributed by atoms with Crippen LogP contribution in [-0.2, 0) is 0 Å². The first-order valence-electron chi connectivity index (χ1n) is 8.59. The molecule has 0 saturated carbocycles. The summed E-state index contributed by atoms with van der Waals surface area (Å²) in [4.78, 5) is 9.19. The van der Waals surface area contributed by atoms with Crippen LogP contribution in [0, 0.1) is 0 Å². The van der Waals surface area contributed by atoms with Crippen LogP contribution in [0.5, 0.6) is 11.5 Å². The molecule has 5 heteroatoms. The molecule has 0 aliphatic heterocycles. The summed E-state index contributed by atoms with van der Waals surface area (Å²) in [5.74, 6) is 2.12.